The lowest BCUT2D eigenvalue weighted by Gasteiger charge is -2.22. The predicted molar refractivity (Wildman–Crippen MR) is 75.6 cm³/mol. The van der Waals surface area contributed by atoms with Crippen molar-refractivity contribution in [3.63, 3.8) is 0 Å². The Kier molecular flexibility index (Phi) is 4.80. The first-order valence-electron chi connectivity index (χ1n) is 6.91. The van der Waals surface area contributed by atoms with E-state index in [1.54, 1.807) is 19.2 Å². The number of hydrogen-bond donors (Lipinski definition) is 1. The third kappa shape index (κ3) is 3.47. The molecule has 1 N–H and O–H groups in total. The third-order valence-electron chi connectivity index (χ3n) is 3.76. The molecule has 1 heterocycles. The van der Waals surface area contributed by atoms with Crippen LogP contribution in [0.5, 0.6) is 5.75 Å². The molecule has 1 aliphatic heterocycles. The average Bonchev–Trinajstić information content (AvgIpc) is 2.92. The number of likely N-dealkylation sites (tertiary alicyclic amines) is 1. The number of carbonyl (C=O) groups is 1. The molecule has 0 unspecified atom stereocenters. The molecule has 0 bridgehead atoms. The fourth-order valence-electron chi connectivity index (χ4n) is 2.60. The van der Waals surface area contributed by atoms with Crippen LogP contribution in [-0.2, 0) is 0 Å². The monoisotopic (exact) mass is 262 g/mol. The Bertz CT molecular complexity index is 417. The Labute approximate surface area is 114 Å². The number of likely N-dealkylation sites (N-methyl/N-ethyl adjacent to an activating group) is 1. The number of nitrogens with one attached hydrogen (secondary N) is 1. The van der Waals surface area contributed by atoms with Gasteiger partial charge in [0.05, 0.1) is 7.11 Å². The normalized spacial score (nSPS) is 19.4. The summed E-state index contributed by atoms with van der Waals surface area (Å²) in [7, 11) is 1.62. The van der Waals surface area contributed by atoms with Crippen molar-refractivity contribution in [2.75, 3.05) is 26.7 Å². The molecule has 1 amide bonds. The van der Waals surface area contributed by atoms with E-state index in [2.05, 4.69) is 17.1 Å². The summed E-state index contributed by atoms with van der Waals surface area (Å²) >= 11 is 0. The summed E-state index contributed by atoms with van der Waals surface area (Å²) in [5, 5.41) is 3.02. The van der Waals surface area contributed by atoms with Crippen molar-refractivity contribution in [3.8, 4) is 5.75 Å². The van der Waals surface area contributed by atoms with Crippen LogP contribution in [-0.4, -0.2) is 43.6 Å². The Morgan fingerprint density at radius 1 is 1.42 bits per heavy atom. The van der Waals surface area contributed by atoms with Crippen LogP contribution in [0.15, 0.2) is 24.3 Å². The number of ether oxygens (including phenoxy) is 1. The smallest absolute Gasteiger partial charge is 0.251 e. The molecule has 0 spiro atoms. The van der Waals surface area contributed by atoms with Crippen LogP contribution in [0, 0.1) is 0 Å². The minimum atomic E-state index is -0.00870. The van der Waals surface area contributed by atoms with Gasteiger partial charge in [-0.1, -0.05) is 6.92 Å². The van der Waals surface area contributed by atoms with Crippen molar-refractivity contribution in [3.05, 3.63) is 29.8 Å². The van der Waals surface area contributed by atoms with Gasteiger partial charge in [-0.25, -0.2) is 0 Å². The van der Waals surface area contributed by atoms with Crippen LogP contribution >= 0.6 is 0 Å². The van der Waals surface area contributed by atoms with Gasteiger partial charge in [-0.2, -0.15) is 0 Å². The Morgan fingerprint density at radius 2 is 2.16 bits per heavy atom. The van der Waals surface area contributed by atoms with Crippen LogP contribution in [0.3, 0.4) is 0 Å². The highest BCUT2D eigenvalue weighted by Gasteiger charge is 2.23. The van der Waals surface area contributed by atoms with Gasteiger partial charge in [0.1, 0.15) is 5.75 Å². The van der Waals surface area contributed by atoms with E-state index in [1.165, 1.54) is 12.8 Å². The van der Waals surface area contributed by atoms with Gasteiger partial charge >= 0.3 is 0 Å². The van der Waals surface area contributed by atoms with Crippen molar-refractivity contribution < 1.29 is 9.53 Å². The summed E-state index contributed by atoms with van der Waals surface area (Å²) < 4.78 is 5.08. The molecule has 1 aromatic rings. The Hall–Kier alpha value is -1.55. The summed E-state index contributed by atoms with van der Waals surface area (Å²) in [4.78, 5) is 14.5. The summed E-state index contributed by atoms with van der Waals surface area (Å²) in [6.45, 7) is 5.12. The summed E-state index contributed by atoms with van der Waals surface area (Å²) in [6.07, 6.45) is 2.41. The van der Waals surface area contributed by atoms with Gasteiger partial charge in [-0.15, -0.1) is 0 Å². The van der Waals surface area contributed by atoms with Crippen molar-refractivity contribution in [2.45, 2.75) is 25.8 Å². The summed E-state index contributed by atoms with van der Waals surface area (Å²) in [5.41, 5.74) is 0.682. The highest BCUT2D eigenvalue weighted by atomic mass is 16.5. The number of rotatable bonds is 5. The Morgan fingerprint density at radius 3 is 2.79 bits per heavy atom. The molecule has 19 heavy (non-hydrogen) atoms. The largest absolute Gasteiger partial charge is 0.497 e. The van der Waals surface area contributed by atoms with Gasteiger partial charge in [0.25, 0.3) is 5.91 Å². The molecule has 1 fully saturated rings. The van der Waals surface area contributed by atoms with Gasteiger partial charge < -0.3 is 10.1 Å². The first-order valence-corrected chi connectivity index (χ1v) is 6.91. The van der Waals surface area contributed by atoms with Gasteiger partial charge in [0, 0.05) is 18.2 Å². The van der Waals surface area contributed by atoms with Crippen molar-refractivity contribution in [1.29, 1.82) is 0 Å². The van der Waals surface area contributed by atoms with Crippen molar-refractivity contribution in [1.82, 2.24) is 10.2 Å². The highest BCUT2D eigenvalue weighted by Crippen LogP contribution is 2.16. The van der Waals surface area contributed by atoms with Gasteiger partial charge in [0.2, 0.25) is 0 Å². The zero-order valence-electron chi connectivity index (χ0n) is 11.7. The van der Waals surface area contributed by atoms with E-state index in [1.807, 2.05) is 12.1 Å². The number of amides is 1. The van der Waals surface area contributed by atoms with Crippen LogP contribution < -0.4 is 10.1 Å². The van der Waals surface area contributed by atoms with E-state index in [9.17, 15) is 4.79 Å². The SMILES string of the molecule is CCN1CCC[C@@H]1CNC(=O)c1ccc(OC)cc1. The number of nitrogens with zero attached hydrogens (tertiary/aromatic N) is 1. The molecular formula is C15H22N2O2. The fraction of sp³-hybridized carbons (Fsp3) is 0.533. The standard InChI is InChI=1S/C15H22N2O2/c1-3-17-10-4-5-13(17)11-16-15(18)12-6-8-14(19-2)9-7-12/h6-9,13H,3-5,10-11H2,1-2H3,(H,16,18)/t13-/m1/s1. The second-order valence-corrected chi connectivity index (χ2v) is 4.86. The zero-order chi connectivity index (χ0) is 13.7. The molecule has 0 aromatic heterocycles. The lowest BCUT2D eigenvalue weighted by Crippen LogP contribution is -2.40. The van der Waals surface area contributed by atoms with E-state index in [0.717, 1.165) is 25.4 Å². The van der Waals surface area contributed by atoms with Crippen LogP contribution in [0.25, 0.3) is 0 Å². The molecule has 1 aromatic carbocycles. The molecule has 1 saturated heterocycles. The third-order valence-corrected chi connectivity index (χ3v) is 3.76. The van der Waals surface area contributed by atoms with Crippen molar-refractivity contribution >= 4 is 5.91 Å². The lowest BCUT2D eigenvalue weighted by molar-refractivity contribution is 0.0941. The molecular weight excluding hydrogens is 240 g/mol. The molecule has 1 atom stereocenters. The fourth-order valence-corrected chi connectivity index (χ4v) is 2.60. The van der Waals surface area contributed by atoms with E-state index < -0.39 is 0 Å². The maximum Gasteiger partial charge on any atom is 0.251 e. The van der Waals surface area contributed by atoms with Gasteiger partial charge in [0.15, 0.2) is 0 Å². The van der Waals surface area contributed by atoms with E-state index in [4.69, 9.17) is 4.74 Å². The molecule has 0 radical (unpaired) electrons. The van der Waals surface area contributed by atoms with Gasteiger partial charge in [-0.3, -0.25) is 9.69 Å². The summed E-state index contributed by atoms with van der Waals surface area (Å²) in [5.74, 6) is 0.759. The Balaban J connectivity index is 1.86. The highest BCUT2D eigenvalue weighted by molar-refractivity contribution is 5.94. The molecule has 0 aliphatic carbocycles. The first kappa shape index (κ1) is 13.9. The van der Waals surface area contributed by atoms with Crippen molar-refractivity contribution in [2.24, 2.45) is 0 Å². The molecule has 4 heteroatoms. The van der Waals surface area contributed by atoms with E-state index >= 15 is 0 Å². The van der Waals surface area contributed by atoms with Crippen LogP contribution in [0.1, 0.15) is 30.1 Å². The number of methoxy groups -OCH3 is 1. The van der Waals surface area contributed by atoms with E-state index in [0.29, 0.717) is 11.6 Å². The molecule has 2 rings (SSSR count). The number of carbonyl (C=O) groups excluding carboxylic acids is 1. The summed E-state index contributed by atoms with van der Waals surface area (Å²) in [6, 6.07) is 7.69. The van der Waals surface area contributed by atoms with E-state index in [-0.39, 0.29) is 5.91 Å². The maximum atomic E-state index is 12.0. The maximum absolute atomic E-state index is 12.0. The molecule has 1 aliphatic rings. The molecule has 0 saturated carbocycles. The zero-order valence-corrected chi connectivity index (χ0v) is 11.7. The molecule has 4 nitrogen and oxygen atoms in total. The van der Waals surface area contributed by atoms with Gasteiger partial charge in [-0.05, 0) is 50.2 Å². The van der Waals surface area contributed by atoms with Crippen LogP contribution in [0.2, 0.25) is 0 Å². The number of benzene rings is 1. The van der Waals surface area contributed by atoms with Crippen LogP contribution in [0.4, 0.5) is 0 Å². The quantitative estimate of drug-likeness (QED) is 0.881. The topological polar surface area (TPSA) is 41.6 Å². The second kappa shape index (κ2) is 6.57. The minimum Gasteiger partial charge on any atom is -0.497 e. The lowest BCUT2D eigenvalue weighted by atomic mass is 10.2. The molecule has 104 valence electrons. The second-order valence-electron chi connectivity index (χ2n) is 4.86. The average molecular weight is 262 g/mol. The number of hydrogen-bond acceptors (Lipinski definition) is 3. The predicted octanol–water partition coefficient (Wildman–Crippen LogP) is 1.91. The first-order chi connectivity index (χ1) is 9.24. The minimum absolute atomic E-state index is 0.00870.